The maximum absolute atomic E-state index is 13.7. The van der Waals surface area contributed by atoms with E-state index in [-0.39, 0.29) is 25.0 Å². The maximum Gasteiger partial charge on any atom is 0.261 e. The van der Waals surface area contributed by atoms with Gasteiger partial charge in [-0.05, 0) is 36.2 Å². The molecule has 1 atom stereocenters. The first kappa shape index (κ1) is 28.4. The van der Waals surface area contributed by atoms with E-state index in [1.54, 1.807) is 36.4 Å². The monoisotopic (exact) mass is 542 g/mol. The van der Waals surface area contributed by atoms with Gasteiger partial charge in [0, 0.05) is 35.1 Å². The van der Waals surface area contributed by atoms with Crippen molar-refractivity contribution in [2.45, 2.75) is 38.8 Å². The summed E-state index contributed by atoms with van der Waals surface area (Å²) >= 11 is 12.9. The predicted molar refractivity (Wildman–Crippen MR) is 147 cm³/mol. The minimum atomic E-state index is -0.805. The summed E-state index contributed by atoms with van der Waals surface area (Å²) in [6, 6.07) is 21.0. The Bertz CT molecular complexity index is 1150. The van der Waals surface area contributed by atoms with Gasteiger partial charge in [0.25, 0.3) is 5.91 Å². The van der Waals surface area contributed by atoms with Crippen LogP contribution in [-0.4, -0.2) is 43.0 Å². The molecule has 1 unspecified atom stereocenters. The fourth-order valence-corrected chi connectivity index (χ4v) is 4.39. The molecule has 0 heterocycles. The van der Waals surface area contributed by atoms with Crippen LogP contribution in [0.2, 0.25) is 10.0 Å². The Labute approximate surface area is 228 Å². The number of nitrogens with zero attached hydrogens (tertiary/aromatic N) is 1. The highest BCUT2D eigenvalue weighted by molar-refractivity contribution is 6.36. The van der Waals surface area contributed by atoms with Crippen LogP contribution in [0.3, 0.4) is 0 Å². The molecule has 0 saturated heterocycles. The Kier molecular flexibility index (Phi) is 11.1. The van der Waals surface area contributed by atoms with E-state index in [1.807, 2.05) is 36.4 Å². The number of rotatable bonds is 13. The molecular weight excluding hydrogens is 511 g/mol. The third-order valence-corrected chi connectivity index (χ3v) is 6.62. The largest absolute Gasteiger partial charge is 0.493 e. The molecule has 196 valence electrons. The molecule has 0 bridgehead atoms. The standard InChI is InChI=1S/C29H32Cl2N2O4/c1-3-4-17-32-29(35)25(18-21-11-6-5-7-12-21)33(19-22-23(30)13-10-14-24(22)31)28(34)20-37-27-16-9-8-15-26(27)36-2/h5-16,25H,3-4,17-20H2,1-2H3,(H,32,35). The Hall–Kier alpha value is -3.22. The molecule has 0 aliphatic heterocycles. The summed E-state index contributed by atoms with van der Waals surface area (Å²) in [4.78, 5) is 28.7. The third kappa shape index (κ3) is 8.14. The first-order valence-electron chi connectivity index (χ1n) is 12.2. The molecule has 0 fully saturated rings. The molecule has 1 N–H and O–H groups in total. The number of hydrogen-bond donors (Lipinski definition) is 1. The van der Waals surface area contributed by atoms with E-state index in [0.717, 1.165) is 18.4 Å². The lowest BCUT2D eigenvalue weighted by Crippen LogP contribution is -2.52. The van der Waals surface area contributed by atoms with Crippen molar-refractivity contribution in [3.05, 3.63) is 94.0 Å². The Balaban J connectivity index is 1.95. The van der Waals surface area contributed by atoms with Gasteiger partial charge < -0.3 is 19.7 Å². The number of nitrogens with one attached hydrogen (secondary N) is 1. The molecule has 0 aromatic heterocycles. The van der Waals surface area contributed by atoms with Crippen LogP contribution in [0.5, 0.6) is 11.5 Å². The topological polar surface area (TPSA) is 67.9 Å². The number of carbonyl (C=O) groups is 2. The van der Waals surface area contributed by atoms with Crippen LogP contribution in [0.25, 0.3) is 0 Å². The molecule has 3 rings (SSSR count). The number of methoxy groups -OCH3 is 1. The maximum atomic E-state index is 13.7. The lowest BCUT2D eigenvalue weighted by atomic mass is 10.0. The van der Waals surface area contributed by atoms with E-state index in [0.29, 0.717) is 40.1 Å². The van der Waals surface area contributed by atoms with E-state index >= 15 is 0 Å². The average molecular weight is 543 g/mol. The average Bonchev–Trinajstić information content (AvgIpc) is 2.91. The number of benzene rings is 3. The zero-order valence-corrected chi connectivity index (χ0v) is 22.6. The number of ether oxygens (including phenoxy) is 2. The summed E-state index contributed by atoms with van der Waals surface area (Å²) in [5.74, 6) is 0.315. The second-order valence-corrected chi connectivity index (χ2v) is 9.33. The highest BCUT2D eigenvalue weighted by Crippen LogP contribution is 2.28. The van der Waals surface area contributed by atoms with Crippen LogP contribution in [0.4, 0.5) is 0 Å². The molecule has 0 aliphatic rings. The summed E-state index contributed by atoms with van der Waals surface area (Å²) in [6.07, 6.45) is 2.10. The number of halogens is 2. The molecule has 0 radical (unpaired) electrons. The quantitative estimate of drug-likeness (QED) is 0.271. The molecule has 3 aromatic carbocycles. The SMILES string of the molecule is CCCCNC(=O)C(Cc1ccccc1)N(Cc1c(Cl)cccc1Cl)C(=O)COc1ccccc1OC. The number of unbranched alkanes of at least 4 members (excludes halogenated alkanes) is 1. The summed E-state index contributed by atoms with van der Waals surface area (Å²) in [5, 5.41) is 3.82. The normalized spacial score (nSPS) is 11.5. The van der Waals surface area contributed by atoms with Gasteiger partial charge in [-0.3, -0.25) is 9.59 Å². The molecule has 3 aromatic rings. The van der Waals surface area contributed by atoms with E-state index in [9.17, 15) is 9.59 Å². The van der Waals surface area contributed by atoms with Gasteiger partial charge in [-0.2, -0.15) is 0 Å². The van der Waals surface area contributed by atoms with Gasteiger partial charge in [0.2, 0.25) is 5.91 Å². The van der Waals surface area contributed by atoms with Gasteiger partial charge in [-0.15, -0.1) is 0 Å². The van der Waals surface area contributed by atoms with Gasteiger partial charge in [0.05, 0.1) is 7.11 Å². The van der Waals surface area contributed by atoms with E-state index < -0.39 is 6.04 Å². The van der Waals surface area contributed by atoms with Crippen molar-refractivity contribution < 1.29 is 19.1 Å². The van der Waals surface area contributed by atoms with Gasteiger partial charge in [-0.1, -0.05) is 85.1 Å². The van der Waals surface area contributed by atoms with Crippen molar-refractivity contribution in [1.82, 2.24) is 10.2 Å². The lowest BCUT2D eigenvalue weighted by Gasteiger charge is -2.32. The summed E-state index contributed by atoms with van der Waals surface area (Å²) in [7, 11) is 1.53. The van der Waals surface area contributed by atoms with Crippen molar-refractivity contribution in [1.29, 1.82) is 0 Å². The van der Waals surface area contributed by atoms with Crippen LogP contribution in [0.15, 0.2) is 72.8 Å². The molecule has 0 spiro atoms. The molecule has 0 saturated carbocycles. The number of carbonyl (C=O) groups excluding carboxylic acids is 2. The van der Waals surface area contributed by atoms with Crippen LogP contribution in [0.1, 0.15) is 30.9 Å². The predicted octanol–water partition coefficient (Wildman–Crippen LogP) is 5.94. The Morgan fingerprint density at radius 3 is 2.22 bits per heavy atom. The lowest BCUT2D eigenvalue weighted by molar-refractivity contribution is -0.142. The minimum absolute atomic E-state index is 0.0469. The second-order valence-electron chi connectivity index (χ2n) is 8.51. The van der Waals surface area contributed by atoms with Gasteiger partial charge >= 0.3 is 0 Å². The highest BCUT2D eigenvalue weighted by atomic mass is 35.5. The van der Waals surface area contributed by atoms with Crippen LogP contribution in [-0.2, 0) is 22.6 Å². The Morgan fingerprint density at radius 2 is 1.57 bits per heavy atom. The molecule has 6 nitrogen and oxygen atoms in total. The molecule has 2 amide bonds. The van der Waals surface area contributed by atoms with E-state index in [2.05, 4.69) is 12.2 Å². The minimum Gasteiger partial charge on any atom is -0.493 e. The van der Waals surface area contributed by atoms with Crippen molar-refractivity contribution in [3.8, 4) is 11.5 Å². The van der Waals surface area contributed by atoms with E-state index in [1.165, 1.54) is 12.0 Å². The Morgan fingerprint density at radius 1 is 0.919 bits per heavy atom. The first-order valence-corrected chi connectivity index (χ1v) is 13.0. The fraction of sp³-hybridized carbons (Fsp3) is 0.310. The first-order chi connectivity index (χ1) is 17.9. The molecule has 0 aliphatic carbocycles. The van der Waals surface area contributed by atoms with Crippen molar-refractivity contribution in [2.75, 3.05) is 20.3 Å². The zero-order chi connectivity index (χ0) is 26.6. The summed E-state index contributed by atoms with van der Waals surface area (Å²) < 4.78 is 11.2. The van der Waals surface area contributed by atoms with Crippen LogP contribution in [0, 0.1) is 0 Å². The number of para-hydroxylation sites is 2. The summed E-state index contributed by atoms with van der Waals surface area (Å²) in [6.45, 7) is 2.33. The number of hydrogen-bond acceptors (Lipinski definition) is 4. The molecule has 8 heteroatoms. The van der Waals surface area contributed by atoms with Crippen molar-refractivity contribution >= 4 is 35.0 Å². The number of amides is 2. The molecule has 37 heavy (non-hydrogen) atoms. The van der Waals surface area contributed by atoms with Crippen molar-refractivity contribution in [2.24, 2.45) is 0 Å². The summed E-state index contributed by atoms with van der Waals surface area (Å²) in [5.41, 5.74) is 1.49. The highest BCUT2D eigenvalue weighted by Gasteiger charge is 2.31. The van der Waals surface area contributed by atoms with Crippen molar-refractivity contribution in [3.63, 3.8) is 0 Å². The van der Waals surface area contributed by atoms with Gasteiger partial charge in [0.15, 0.2) is 18.1 Å². The van der Waals surface area contributed by atoms with E-state index in [4.69, 9.17) is 32.7 Å². The van der Waals surface area contributed by atoms with Crippen LogP contribution < -0.4 is 14.8 Å². The van der Waals surface area contributed by atoms with Gasteiger partial charge in [-0.25, -0.2) is 0 Å². The van der Waals surface area contributed by atoms with Crippen LogP contribution >= 0.6 is 23.2 Å². The van der Waals surface area contributed by atoms with Gasteiger partial charge in [0.1, 0.15) is 6.04 Å². The zero-order valence-electron chi connectivity index (χ0n) is 21.1. The fourth-order valence-electron chi connectivity index (χ4n) is 3.87. The third-order valence-electron chi connectivity index (χ3n) is 5.91. The second kappa shape index (κ2) is 14.5. The molecular formula is C29H32Cl2N2O4. The smallest absolute Gasteiger partial charge is 0.261 e.